The van der Waals surface area contributed by atoms with Gasteiger partial charge in [0, 0.05) is 23.9 Å². The largest absolute Gasteiger partial charge is 0.372 e. The Kier molecular flexibility index (Phi) is 3.46. The van der Waals surface area contributed by atoms with Crippen molar-refractivity contribution in [2.45, 2.75) is 52.2 Å². The van der Waals surface area contributed by atoms with E-state index in [1.807, 2.05) is 0 Å². The first-order valence-electron chi connectivity index (χ1n) is 6.22. The molecular weight excluding hydrogens is 232 g/mol. The minimum Gasteiger partial charge on any atom is -0.372 e. The minimum absolute atomic E-state index is 0.137. The topological polar surface area (TPSA) is 25.4 Å². The van der Waals surface area contributed by atoms with Gasteiger partial charge >= 0.3 is 0 Å². The summed E-state index contributed by atoms with van der Waals surface area (Å²) in [6.45, 7) is 12.8. The van der Waals surface area contributed by atoms with Crippen LogP contribution >= 0.6 is 11.3 Å². The molecular formula is C13H22N2OS. The molecule has 2 heterocycles. The van der Waals surface area contributed by atoms with Crippen LogP contribution in [0.1, 0.15) is 40.3 Å². The van der Waals surface area contributed by atoms with E-state index in [1.165, 1.54) is 5.69 Å². The number of thiazole rings is 1. The Labute approximate surface area is 108 Å². The molecule has 0 radical (unpaired) electrons. The van der Waals surface area contributed by atoms with Crippen LogP contribution in [0.15, 0.2) is 5.38 Å². The molecule has 0 saturated carbocycles. The number of anilines is 1. The highest BCUT2D eigenvalue weighted by Gasteiger charge is 2.25. The molecule has 17 heavy (non-hydrogen) atoms. The summed E-state index contributed by atoms with van der Waals surface area (Å²) in [6.07, 6.45) is 0.585. The lowest BCUT2D eigenvalue weighted by atomic mass is 9.93. The highest BCUT2D eigenvalue weighted by molar-refractivity contribution is 7.13. The number of hydrogen-bond acceptors (Lipinski definition) is 4. The summed E-state index contributed by atoms with van der Waals surface area (Å²) >= 11 is 1.75. The van der Waals surface area contributed by atoms with E-state index in [4.69, 9.17) is 9.72 Å². The smallest absolute Gasteiger partial charge is 0.185 e. The van der Waals surface area contributed by atoms with Gasteiger partial charge in [0.25, 0.3) is 0 Å². The third-order valence-electron chi connectivity index (χ3n) is 2.95. The molecule has 0 bridgehead atoms. The van der Waals surface area contributed by atoms with Gasteiger partial charge in [0.05, 0.1) is 17.9 Å². The maximum absolute atomic E-state index is 5.75. The highest BCUT2D eigenvalue weighted by atomic mass is 32.1. The molecule has 0 spiro atoms. The molecule has 2 rings (SSSR count). The molecule has 2 unspecified atom stereocenters. The molecule has 96 valence electrons. The summed E-state index contributed by atoms with van der Waals surface area (Å²) in [6, 6.07) is 0. The lowest BCUT2D eigenvalue weighted by Crippen LogP contribution is -2.45. The van der Waals surface area contributed by atoms with Gasteiger partial charge in [-0.05, 0) is 13.8 Å². The van der Waals surface area contributed by atoms with E-state index < -0.39 is 0 Å². The van der Waals surface area contributed by atoms with Crippen LogP contribution in [0.5, 0.6) is 0 Å². The second-order valence-corrected chi connectivity index (χ2v) is 6.76. The zero-order valence-corrected chi connectivity index (χ0v) is 12.2. The summed E-state index contributed by atoms with van der Waals surface area (Å²) < 4.78 is 5.75. The molecule has 0 N–H and O–H groups in total. The predicted octanol–water partition coefficient (Wildman–Crippen LogP) is 3.05. The van der Waals surface area contributed by atoms with Gasteiger partial charge in [-0.25, -0.2) is 4.98 Å². The molecule has 1 aliphatic heterocycles. The normalized spacial score (nSPS) is 26.3. The molecule has 0 aliphatic carbocycles. The van der Waals surface area contributed by atoms with Crippen molar-refractivity contribution in [2.75, 3.05) is 18.0 Å². The van der Waals surface area contributed by atoms with E-state index in [2.05, 4.69) is 44.9 Å². The molecule has 0 amide bonds. The number of nitrogens with zero attached hydrogens (tertiary/aromatic N) is 2. The second kappa shape index (κ2) is 4.58. The van der Waals surface area contributed by atoms with Crippen molar-refractivity contribution in [3.05, 3.63) is 11.1 Å². The first-order chi connectivity index (χ1) is 7.86. The number of ether oxygens (including phenoxy) is 1. The fourth-order valence-corrected chi connectivity index (χ4v) is 3.16. The third kappa shape index (κ3) is 2.99. The van der Waals surface area contributed by atoms with E-state index in [0.29, 0.717) is 12.2 Å². The van der Waals surface area contributed by atoms with E-state index in [1.54, 1.807) is 11.3 Å². The third-order valence-corrected chi connectivity index (χ3v) is 3.85. The van der Waals surface area contributed by atoms with Crippen LogP contribution in [0.4, 0.5) is 5.13 Å². The van der Waals surface area contributed by atoms with Gasteiger partial charge in [0.2, 0.25) is 0 Å². The lowest BCUT2D eigenvalue weighted by molar-refractivity contribution is -0.00523. The summed E-state index contributed by atoms with van der Waals surface area (Å²) in [5.41, 5.74) is 1.32. The Morgan fingerprint density at radius 2 is 1.88 bits per heavy atom. The maximum Gasteiger partial charge on any atom is 0.185 e. The molecule has 3 nitrogen and oxygen atoms in total. The van der Waals surface area contributed by atoms with Gasteiger partial charge in [0.1, 0.15) is 0 Å². The SMILES string of the molecule is CC1CN(c2nc(C(C)(C)C)cs2)CC(C)O1. The van der Waals surface area contributed by atoms with Crippen LogP contribution in [0, 0.1) is 0 Å². The van der Waals surface area contributed by atoms with Crippen molar-refractivity contribution in [3.8, 4) is 0 Å². The van der Waals surface area contributed by atoms with Crippen molar-refractivity contribution in [3.63, 3.8) is 0 Å². The van der Waals surface area contributed by atoms with Gasteiger partial charge in [0.15, 0.2) is 5.13 Å². The zero-order chi connectivity index (χ0) is 12.6. The highest BCUT2D eigenvalue weighted by Crippen LogP contribution is 2.30. The van der Waals surface area contributed by atoms with Crippen LogP contribution < -0.4 is 4.90 Å². The minimum atomic E-state index is 0.137. The fraction of sp³-hybridized carbons (Fsp3) is 0.769. The average Bonchev–Trinajstić information content (AvgIpc) is 2.63. The molecule has 4 heteroatoms. The number of hydrogen-bond donors (Lipinski definition) is 0. The Morgan fingerprint density at radius 1 is 1.29 bits per heavy atom. The van der Waals surface area contributed by atoms with Gasteiger partial charge in [-0.3, -0.25) is 0 Å². The van der Waals surface area contributed by atoms with Crippen LogP contribution in [-0.4, -0.2) is 30.3 Å². The predicted molar refractivity (Wildman–Crippen MR) is 73.0 cm³/mol. The average molecular weight is 254 g/mol. The molecule has 1 aromatic rings. The molecule has 1 fully saturated rings. The van der Waals surface area contributed by atoms with Crippen molar-refractivity contribution in [2.24, 2.45) is 0 Å². The van der Waals surface area contributed by atoms with E-state index >= 15 is 0 Å². The first-order valence-corrected chi connectivity index (χ1v) is 7.10. The Morgan fingerprint density at radius 3 is 2.35 bits per heavy atom. The van der Waals surface area contributed by atoms with Crippen molar-refractivity contribution in [1.82, 2.24) is 4.98 Å². The number of rotatable bonds is 1. The van der Waals surface area contributed by atoms with Gasteiger partial charge in [-0.15, -0.1) is 11.3 Å². The molecule has 1 saturated heterocycles. The zero-order valence-electron chi connectivity index (χ0n) is 11.4. The van der Waals surface area contributed by atoms with E-state index in [0.717, 1.165) is 18.2 Å². The van der Waals surface area contributed by atoms with Gasteiger partial charge in [-0.2, -0.15) is 0 Å². The first kappa shape index (κ1) is 12.8. The van der Waals surface area contributed by atoms with Gasteiger partial charge < -0.3 is 9.64 Å². The van der Waals surface area contributed by atoms with Gasteiger partial charge in [-0.1, -0.05) is 20.8 Å². The summed E-state index contributed by atoms with van der Waals surface area (Å²) in [7, 11) is 0. The van der Waals surface area contributed by atoms with E-state index in [-0.39, 0.29) is 5.41 Å². The van der Waals surface area contributed by atoms with Crippen molar-refractivity contribution >= 4 is 16.5 Å². The van der Waals surface area contributed by atoms with Crippen molar-refractivity contribution < 1.29 is 4.74 Å². The molecule has 1 aliphatic rings. The molecule has 1 aromatic heterocycles. The molecule has 0 aromatic carbocycles. The second-order valence-electron chi connectivity index (χ2n) is 5.93. The number of aromatic nitrogens is 1. The van der Waals surface area contributed by atoms with Crippen LogP contribution in [0.2, 0.25) is 0 Å². The Hall–Kier alpha value is -0.610. The Bertz CT molecular complexity index is 373. The summed E-state index contributed by atoms with van der Waals surface area (Å²) in [4.78, 5) is 7.11. The van der Waals surface area contributed by atoms with Crippen LogP contribution in [0.3, 0.4) is 0 Å². The maximum atomic E-state index is 5.75. The standard InChI is InChI=1S/C13H22N2OS/c1-9-6-15(7-10(2)16-9)12-14-11(8-17-12)13(3,4)5/h8-10H,6-7H2,1-5H3. The quantitative estimate of drug-likeness (QED) is 0.770. The Balaban J connectivity index is 2.14. The summed E-state index contributed by atoms with van der Waals surface area (Å²) in [5.74, 6) is 0. The summed E-state index contributed by atoms with van der Waals surface area (Å²) in [5, 5.41) is 3.32. The monoisotopic (exact) mass is 254 g/mol. The fourth-order valence-electron chi connectivity index (χ4n) is 2.09. The van der Waals surface area contributed by atoms with Crippen LogP contribution in [-0.2, 0) is 10.2 Å². The van der Waals surface area contributed by atoms with Crippen molar-refractivity contribution in [1.29, 1.82) is 0 Å². The van der Waals surface area contributed by atoms with Crippen LogP contribution in [0.25, 0.3) is 0 Å². The van der Waals surface area contributed by atoms with E-state index in [9.17, 15) is 0 Å². The molecule has 2 atom stereocenters. The number of morpholine rings is 1. The lowest BCUT2D eigenvalue weighted by Gasteiger charge is -2.35.